The van der Waals surface area contributed by atoms with Gasteiger partial charge >= 0.3 is 0 Å². The summed E-state index contributed by atoms with van der Waals surface area (Å²) in [6.07, 6.45) is 0. The van der Waals surface area contributed by atoms with Crippen molar-refractivity contribution in [3.8, 4) is 0 Å². The SMILES string of the molecule is Cc1cc(Sc2ccc(F)c(F)c2)c(CN)c(C)n1. The maximum atomic E-state index is 13.2. The van der Waals surface area contributed by atoms with Crippen LogP contribution in [0.1, 0.15) is 17.0 Å². The summed E-state index contributed by atoms with van der Waals surface area (Å²) in [5, 5.41) is 0. The fourth-order valence-corrected chi connectivity index (χ4v) is 2.96. The lowest BCUT2D eigenvalue weighted by atomic mass is 10.2. The standard InChI is InChI=1S/C14H14F2N2S/c1-8-5-14(11(7-17)9(2)18-8)19-10-3-4-12(15)13(16)6-10/h3-6H,7,17H2,1-2H3. The third-order valence-corrected chi connectivity index (χ3v) is 3.82. The second-order valence-corrected chi connectivity index (χ2v) is 5.32. The normalized spacial score (nSPS) is 10.8. The van der Waals surface area contributed by atoms with Crippen LogP contribution < -0.4 is 5.73 Å². The van der Waals surface area contributed by atoms with E-state index in [0.717, 1.165) is 27.9 Å². The zero-order valence-electron chi connectivity index (χ0n) is 10.7. The number of rotatable bonds is 3. The first-order chi connectivity index (χ1) is 9.01. The molecule has 2 nitrogen and oxygen atoms in total. The van der Waals surface area contributed by atoms with Gasteiger partial charge in [0, 0.05) is 33.3 Å². The first-order valence-electron chi connectivity index (χ1n) is 5.81. The van der Waals surface area contributed by atoms with Gasteiger partial charge in [0.1, 0.15) is 0 Å². The minimum atomic E-state index is -0.846. The number of aryl methyl sites for hydroxylation is 2. The molecule has 100 valence electrons. The van der Waals surface area contributed by atoms with Crippen LogP contribution in [0.2, 0.25) is 0 Å². The smallest absolute Gasteiger partial charge is 0.159 e. The predicted octanol–water partition coefficient (Wildman–Crippen LogP) is 3.59. The van der Waals surface area contributed by atoms with Crippen molar-refractivity contribution in [1.29, 1.82) is 0 Å². The number of aromatic nitrogens is 1. The third kappa shape index (κ3) is 3.11. The first kappa shape index (κ1) is 14.0. The second kappa shape index (κ2) is 5.67. The Morgan fingerprint density at radius 3 is 2.53 bits per heavy atom. The van der Waals surface area contributed by atoms with E-state index in [1.807, 2.05) is 19.9 Å². The van der Waals surface area contributed by atoms with Gasteiger partial charge in [-0.3, -0.25) is 4.98 Å². The van der Waals surface area contributed by atoms with E-state index in [1.54, 1.807) is 6.07 Å². The van der Waals surface area contributed by atoms with E-state index in [-0.39, 0.29) is 0 Å². The molecule has 1 aromatic heterocycles. The van der Waals surface area contributed by atoms with Crippen molar-refractivity contribution in [3.63, 3.8) is 0 Å². The Morgan fingerprint density at radius 1 is 1.16 bits per heavy atom. The fourth-order valence-electron chi connectivity index (χ4n) is 1.83. The minimum Gasteiger partial charge on any atom is -0.326 e. The van der Waals surface area contributed by atoms with Gasteiger partial charge in [-0.05, 0) is 38.1 Å². The maximum absolute atomic E-state index is 13.2. The Labute approximate surface area is 115 Å². The van der Waals surface area contributed by atoms with Gasteiger partial charge in [0.05, 0.1) is 0 Å². The average Bonchev–Trinajstić information content (AvgIpc) is 2.33. The zero-order valence-corrected chi connectivity index (χ0v) is 11.5. The topological polar surface area (TPSA) is 38.9 Å². The van der Waals surface area contributed by atoms with Crippen LogP contribution >= 0.6 is 11.8 Å². The molecule has 0 atom stereocenters. The molecule has 1 heterocycles. The molecule has 2 N–H and O–H groups in total. The summed E-state index contributed by atoms with van der Waals surface area (Å²) >= 11 is 1.36. The molecule has 1 aromatic carbocycles. The van der Waals surface area contributed by atoms with Crippen LogP contribution in [-0.4, -0.2) is 4.98 Å². The fraction of sp³-hybridized carbons (Fsp3) is 0.214. The molecule has 0 saturated heterocycles. The Hall–Kier alpha value is -1.46. The van der Waals surface area contributed by atoms with Crippen molar-refractivity contribution in [2.75, 3.05) is 0 Å². The average molecular weight is 280 g/mol. The molecule has 0 aliphatic rings. The summed E-state index contributed by atoms with van der Waals surface area (Å²) in [7, 11) is 0. The predicted molar refractivity (Wildman–Crippen MR) is 72.1 cm³/mol. The number of nitrogens with two attached hydrogens (primary N) is 1. The molecule has 2 aromatic rings. The maximum Gasteiger partial charge on any atom is 0.159 e. The quantitative estimate of drug-likeness (QED) is 0.934. The van der Waals surface area contributed by atoms with Gasteiger partial charge in [0.2, 0.25) is 0 Å². The lowest BCUT2D eigenvalue weighted by Crippen LogP contribution is -2.04. The molecule has 19 heavy (non-hydrogen) atoms. The van der Waals surface area contributed by atoms with E-state index < -0.39 is 11.6 Å². The summed E-state index contributed by atoms with van der Waals surface area (Å²) in [6, 6.07) is 5.77. The molecule has 0 bridgehead atoms. The molecule has 5 heteroatoms. The Morgan fingerprint density at radius 2 is 1.89 bits per heavy atom. The van der Waals surface area contributed by atoms with Gasteiger partial charge in [0.25, 0.3) is 0 Å². The number of benzene rings is 1. The van der Waals surface area contributed by atoms with Crippen LogP contribution in [0.3, 0.4) is 0 Å². The highest BCUT2D eigenvalue weighted by atomic mass is 32.2. The van der Waals surface area contributed by atoms with Gasteiger partial charge in [0.15, 0.2) is 11.6 Å². The van der Waals surface area contributed by atoms with Crippen LogP contribution in [0.15, 0.2) is 34.1 Å². The molecule has 2 rings (SSSR count). The lowest BCUT2D eigenvalue weighted by molar-refractivity contribution is 0.506. The van der Waals surface area contributed by atoms with Crippen molar-refractivity contribution in [1.82, 2.24) is 4.98 Å². The highest BCUT2D eigenvalue weighted by Gasteiger charge is 2.10. The van der Waals surface area contributed by atoms with Crippen molar-refractivity contribution >= 4 is 11.8 Å². The van der Waals surface area contributed by atoms with Crippen LogP contribution in [0.4, 0.5) is 8.78 Å². The van der Waals surface area contributed by atoms with E-state index in [9.17, 15) is 8.78 Å². The molecule has 0 amide bonds. The summed E-state index contributed by atoms with van der Waals surface area (Å²) in [5.74, 6) is -1.69. The molecule has 0 spiro atoms. The van der Waals surface area contributed by atoms with Crippen molar-refractivity contribution < 1.29 is 8.78 Å². The van der Waals surface area contributed by atoms with Gasteiger partial charge in [-0.15, -0.1) is 0 Å². The van der Waals surface area contributed by atoms with Crippen LogP contribution in [0, 0.1) is 25.5 Å². The molecular formula is C14H14F2N2S. The van der Waals surface area contributed by atoms with Crippen molar-refractivity contribution in [3.05, 3.63) is 52.9 Å². The monoisotopic (exact) mass is 280 g/mol. The molecular weight excluding hydrogens is 266 g/mol. The first-order valence-corrected chi connectivity index (χ1v) is 6.63. The molecule has 0 aliphatic heterocycles. The number of hydrogen-bond donors (Lipinski definition) is 1. The zero-order chi connectivity index (χ0) is 14.0. The summed E-state index contributed by atoms with van der Waals surface area (Å²) in [6.45, 7) is 4.15. The third-order valence-electron chi connectivity index (χ3n) is 2.74. The summed E-state index contributed by atoms with van der Waals surface area (Å²) in [4.78, 5) is 5.92. The number of nitrogens with zero attached hydrogens (tertiary/aromatic N) is 1. The van der Waals surface area contributed by atoms with Crippen LogP contribution in [0.5, 0.6) is 0 Å². The molecule has 0 unspecified atom stereocenters. The second-order valence-electron chi connectivity index (χ2n) is 4.21. The summed E-state index contributed by atoms with van der Waals surface area (Å²) in [5.41, 5.74) is 8.40. The molecule has 0 aliphatic carbocycles. The van der Waals surface area contributed by atoms with Crippen LogP contribution in [-0.2, 0) is 6.54 Å². The Balaban J connectivity index is 2.39. The van der Waals surface area contributed by atoms with E-state index in [1.165, 1.54) is 17.8 Å². The highest BCUT2D eigenvalue weighted by molar-refractivity contribution is 7.99. The van der Waals surface area contributed by atoms with Gasteiger partial charge in [-0.25, -0.2) is 8.78 Å². The largest absolute Gasteiger partial charge is 0.326 e. The van der Waals surface area contributed by atoms with Gasteiger partial charge in [-0.1, -0.05) is 11.8 Å². The molecule has 0 fully saturated rings. The minimum absolute atomic E-state index is 0.366. The number of hydrogen-bond acceptors (Lipinski definition) is 3. The lowest BCUT2D eigenvalue weighted by Gasteiger charge is -2.11. The number of halogens is 2. The Kier molecular flexibility index (Phi) is 4.17. The van der Waals surface area contributed by atoms with Gasteiger partial charge < -0.3 is 5.73 Å². The highest BCUT2D eigenvalue weighted by Crippen LogP contribution is 2.32. The van der Waals surface area contributed by atoms with E-state index >= 15 is 0 Å². The van der Waals surface area contributed by atoms with Gasteiger partial charge in [-0.2, -0.15) is 0 Å². The van der Waals surface area contributed by atoms with Crippen LogP contribution in [0.25, 0.3) is 0 Å². The molecule has 0 saturated carbocycles. The molecule has 0 radical (unpaired) electrons. The van der Waals surface area contributed by atoms with E-state index in [2.05, 4.69) is 4.98 Å². The van der Waals surface area contributed by atoms with E-state index in [4.69, 9.17) is 5.73 Å². The van der Waals surface area contributed by atoms with Crippen molar-refractivity contribution in [2.24, 2.45) is 5.73 Å². The summed E-state index contributed by atoms with van der Waals surface area (Å²) < 4.78 is 26.1. The van der Waals surface area contributed by atoms with E-state index in [0.29, 0.717) is 11.4 Å². The van der Waals surface area contributed by atoms with Crippen molar-refractivity contribution in [2.45, 2.75) is 30.2 Å². The Bertz CT molecular complexity index is 615. The number of pyridine rings is 1.